The zero-order valence-electron chi connectivity index (χ0n) is 16.9. The normalized spacial score (nSPS) is 14.9. The lowest BCUT2D eigenvalue weighted by atomic mass is 10.1. The Labute approximate surface area is 170 Å². The van der Waals surface area contributed by atoms with Crippen LogP contribution >= 0.6 is 0 Å². The molecule has 0 amide bonds. The molecule has 1 aliphatic carbocycles. The van der Waals surface area contributed by atoms with Crippen molar-refractivity contribution in [3.63, 3.8) is 0 Å². The van der Waals surface area contributed by atoms with Crippen molar-refractivity contribution < 1.29 is 0 Å². The van der Waals surface area contributed by atoms with Crippen LogP contribution in [-0.4, -0.2) is 30.2 Å². The van der Waals surface area contributed by atoms with Gasteiger partial charge >= 0.3 is 0 Å². The van der Waals surface area contributed by atoms with Crippen LogP contribution in [0.3, 0.4) is 0 Å². The lowest BCUT2D eigenvalue weighted by Gasteiger charge is -2.13. The molecule has 0 aliphatic heterocycles. The fourth-order valence-electron chi connectivity index (χ4n) is 4.05. The molecular formula is C23H26N6. The average molecular weight is 387 g/mol. The molecule has 0 atom stereocenters. The zero-order valence-corrected chi connectivity index (χ0v) is 16.9. The number of hydrogen-bond acceptors (Lipinski definition) is 4. The van der Waals surface area contributed by atoms with Gasteiger partial charge in [-0.25, -0.2) is 9.97 Å². The Bertz CT molecular complexity index is 1130. The molecule has 1 aliphatic rings. The van der Waals surface area contributed by atoms with Crippen LogP contribution in [0.5, 0.6) is 0 Å². The molecule has 0 saturated heterocycles. The van der Waals surface area contributed by atoms with Crippen molar-refractivity contribution in [2.75, 3.05) is 5.32 Å². The van der Waals surface area contributed by atoms with Crippen molar-refractivity contribution in [3.8, 4) is 22.5 Å². The highest BCUT2D eigenvalue weighted by Crippen LogP contribution is 2.26. The van der Waals surface area contributed by atoms with E-state index in [2.05, 4.69) is 64.2 Å². The lowest BCUT2D eigenvalue weighted by molar-refractivity contribution is 0.532. The number of anilines is 1. The van der Waals surface area contributed by atoms with Crippen LogP contribution in [0.2, 0.25) is 0 Å². The number of pyridine rings is 2. The summed E-state index contributed by atoms with van der Waals surface area (Å²) in [5, 5.41) is 8.06. The van der Waals surface area contributed by atoms with Crippen LogP contribution in [-0.2, 0) is 0 Å². The molecule has 148 valence electrons. The van der Waals surface area contributed by atoms with Gasteiger partial charge in [0.2, 0.25) is 0 Å². The minimum Gasteiger partial charge on any atom is -0.367 e. The molecule has 5 rings (SSSR count). The molecule has 6 heteroatoms. The summed E-state index contributed by atoms with van der Waals surface area (Å²) in [4.78, 5) is 9.45. The van der Waals surface area contributed by atoms with E-state index >= 15 is 0 Å². The highest BCUT2D eigenvalue weighted by Gasteiger charge is 2.16. The minimum atomic E-state index is 0.343. The van der Waals surface area contributed by atoms with Crippen molar-refractivity contribution in [1.82, 2.24) is 24.1 Å². The van der Waals surface area contributed by atoms with Crippen molar-refractivity contribution in [2.45, 2.75) is 51.6 Å². The van der Waals surface area contributed by atoms with Crippen LogP contribution in [0.4, 0.5) is 5.82 Å². The molecule has 0 spiro atoms. The van der Waals surface area contributed by atoms with Gasteiger partial charge in [0.05, 0.1) is 23.8 Å². The van der Waals surface area contributed by atoms with Crippen molar-refractivity contribution >= 4 is 11.5 Å². The minimum absolute atomic E-state index is 0.343. The van der Waals surface area contributed by atoms with Crippen molar-refractivity contribution in [2.24, 2.45) is 0 Å². The standard InChI is InChI=1S/C23H26N6/c1-16(2)29-15-18(12-25-29)17-10-11-23-24-13-21(28(23)14-17)20-8-5-9-22(27-20)26-19-6-3-4-7-19/h5,8-16,19H,3-4,6-7H2,1-2H3,(H,26,27). The number of nitrogens with one attached hydrogen (secondary N) is 1. The third kappa shape index (κ3) is 3.50. The maximum Gasteiger partial charge on any atom is 0.137 e. The summed E-state index contributed by atoms with van der Waals surface area (Å²) in [6.07, 6.45) is 13.1. The monoisotopic (exact) mass is 386 g/mol. The maximum absolute atomic E-state index is 4.87. The second-order valence-electron chi connectivity index (χ2n) is 8.13. The Morgan fingerprint density at radius 3 is 2.66 bits per heavy atom. The highest BCUT2D eigenvalue weighted by atomic mass is 15.3. The fourth-order valence-corrected chi connectivity index (χ4v) is 4.05. The number of rotatable bonds is 5. The Hall–Kier alpha value is -3.15. The predicted molar refractivity (Wildman–Crippen MR) is 116 cm³/mol. The van der Waals surface area contributed by atoms with E-state index in [1.54, 1.807) is 0 Å². The van der Waals surface area contributed by atoms with Crippen molar-refractivity contribution in [3.05, 3.63) is 55.1 Å². The fraction of sp³-hybridized carbons (Fsp3) is 0.348. The lowest BCUT2D eigenvalue weighted by Crippen LogP contribution is -2.15. The van der Waals surface area contributed by atoms with Gasteiger partial charge in [-0.2, -0.15) is 5.10 Å². The summed E-state index contributed by atoms with van der Waals surface area (Å²) < 4.78 is 4.10. The Balaban J connectivity index is 1.50. The first kappa shape index (κ1) is 17.9. The van der Waals surface area contributed by atoms with E-state index in [0.29, 0.717) is 12.1 Å². The summed E-state index contributed by atoms with van der Waals surface area (Å²) in [6.45, 7) is 4.26. The Morgan fingerprint density at radius 1 is 1.00 bits per heavy atom. The van der Waals surface area contributed by atoms with Gasteiger partial charge in [0.1, 0.15) is 11.5 Å². The molecule has 4 aromatic heterocycles. The largest absolute Gasteiger partial charge is 0.367 e. The van der Waals surface area contributed by atoms with Crippen molar-refractivity contribution in [1.29, 1.82) is 0 Å². The molecule has 1 fully saturated rings. The molecule has 1 N–H and O–H groups in total. The molecule has 0 bridgehead atoms. The predicted octanol–water partition coefficient (Wildman–Crippen LogP) is 5.20. The van der Waals surface area contributed by atoms with Gasteiger partial charge in [0.25, 0.3) is 0 Å². The van der Waals surface area contributed by atoms with Gasteiger partial charge in [-0.3, -0.25) is 9.08 Å². The molecule has 0 aromatic carbocycles. The molecule has 4 aromatic rings. The zero-order chi connectivity index (χ0) is 19.8. The Kier molecular flexibility index (Phi) is 4.54. The van der Waals surface area contributed by atoms with E-state index in [1.807, 2.05) is 29.2 Å². The summed E-state index contributed by atoms with van der Waals surface area (Å²) in [5.41, 5.74) is 5.05. The third-order valence-corrected chi connectivity index (χ3v) is 5.69. The number of aromatic nitrogens is 5. The van der Waals surface area contributed by atoms with E-state index in [9.17, 15) is 0 Å². The first-order chi connectivity index (χ1) is 14.2. The third-order valence-electron chi connectivity index (χ3n) is 5.69. The van der Waals surface area contributed by atoms with E-state index in [4.69, 9.17) is 4.98 Å². The summed E-state index contributed by atoms with van der Waals surface area (Å²) >= 11 is 0. The number of hydrogen-bond donors (Lipinski definition) is 1. The Morgan fingerprint density at radius 2 is 1.86 bits per heavy atom. The van der Waals surface area contributed by atoms with Gasteiger partial charge in [0, 0.05) is 35.6 Å². The molecular weight excluding hydrogens is 360 g/mol. The molecule has 6 nitrogen and oxygen atoms in total. The maximum atomic E-state index is 4.87. The van der Waals surface area contributed by atoms with Crippen LogP contribution in [0.1, 0.15) is 45.6 Å². The van der Waals surface area contributed by atoms with Crippen LogP contribution in [0, 0.1) is 0 Å². The first-order valence-electron chi connectivity index (χ1n) is 10.4. The summed E-state index contributed by atoms with van der Waals surface area (Å²) in [6, 6.07) is 11.2. The molecule has 1 saturated carbocycles. The number of nitrogens with zero attached hydrogens (tertiary/aromatic N) is 5. The summed E-state index contributed by atoms with van der Waals surface area (Å²) in [5.74, 6) is 0.943. The smallest absolute Gasteiger partial charge is 0.137 e. The first-order valence-corrected chi connectivity index (χ1v) is 10.4. The second-order valence-corrected chi connectivity index (χ2v) is 8.13. The van der Waals surface area contributed by atoms with Gasteiger partial charge in [-0.05, 0) is 51.0 Å². The van der Waals surface area contributed by atoms with E-state index in [0.717, 1.165) is 34.0 Å². The van der Waals surface area contributed by atoms with Gasteiger partial charge in [0.15, 0.2) is 0 Å². The SMILES string of the molecule is CC(C)n1cc(-c2ccc3ncc(-c4cccc(NC5CCCC5)n4)n3c2)cn1. The van der Waals surface area contributed by atoms with Gasteiger partial charge < -0.3 is 5.32 Å². The molecule has 0 unspecified atom stereocenters. The van der Waals surface area contributed by atoms with E-state index in [-0.39, 0.29) is 0 Å². The number of fused-ring (bicyclic) bond motifs is 1. The van der Waals surface area contributed by atoms with Gasteiger partial charge in [-0.15, -0.1) is 0 Å². The molecule has 4 heterocycles. The van der Waals surface area contributed by atoms with Crippen LogP contribution in [0.15, 0.2) is 55.1 Å². The topological polar surface area (TPSA) is 60.0 Å². The average Bonchev–Trinajstić information content (AvgIpc) is 3.48. The quantitative estimate of drug-likeness (QED) is 0.512. The highest BCUT2D eigenvalue weighted by molar-refractivity contribution is 5.67. The van der Waals surface area contributed by atoms with Gasteiger partial charge in [-0.1, -0.05) is 18.9 Å². The van der Waals surface area contributed by atoms with Crippen LogP contribution in [0.25, 0.3) is 28.2 Å². The number of imidazole rings is 1. The molecule has 0 radical (unpaired) electrons. The van der Waals surface area contributed by atoms with E-state index in [1.165, 1.54) is 25.7 Å². The van der Waals surface area contributed by atoms with E-state index < -0.39 is 0 Å². The van der Waals surface area contributed by atoms with Crippen LogP contribution < -0.4 is 5.32 Å². The summed E-state index contributed by atoms with van der Waals surface area (Å²) in [7, 11) is 0. The molecule has 29 heavy (non-hydrogen) atoms. The second kappa shape index (κ2) is 7.35.